The normalized spacial score (nSPS) is 11.6. The van der Waals surface area contributed by atoms with E-state index in [0.717, 1.165) is 5.41 Å². The van der Waals surface area contributed by atoms with E-state index in [-0.39, 0.29) is 10.6 Å². The number of nitrogens with one attached hydrogen (secondary N) is 1. The lowest BCUT2D eigenvalue weighted by Gasteiger charge is -2.05. The van der Waals surface area contributed by atoms with Crippen LogP contribution in [0.3, 0.4) is 0 Å². The van der Waals surface area contributed by atoms with E-state index in [1.165, 1.54) is 24.3 Å². The summed E-state index contributed by atoms with van der Waals surface area (Å²) in [6.45, 7) is 0. The number of benzene rings is 2. The lowest BCUT2D eigenvalue weighted by atomic mass is 10.2. The lowest BCUT2D eigenvalue weighted by Crippen LogP contribution is -2.29. The van der Waals surface area contributed by atoms with Crippen LogP contribution >= 0.6 is 34.8 Å². The first-order chi connectivity index (χ1) is 10.8. The van der Waals surface area contributed by atoms with Crippen LogP contribution in [-0.2, 0) is 10.0 Å². The Balaban J connectivity index is 2.18. The van der Waals surface area contributed by atoms with E-state index in [0.29, 0.717) is 15.6 Å². The maximum absolute atomic E-state index is 12.0. The molecule has 0 radical (unpaired) electrons. The van der Waals surface area contributed by atoms with Crippen LogP contribution in [0.5, 0.6) is 0 Å². The smallest absolute Gasteiger partial charge is 0.266 e. The van der Waals surface area contributed by atoms with Crippen molar-refractivity contribution in [3.63, 3.8) is 0 Å². The SMILES string of the molecule is O=C(NS(=O)(=O)C=Cc1ccccc1Cl)c1ccc(Cl)cc1Cl. The van der Waals surface area contributed by atoms with Crippen molar-refractivity contribution in [2.45, 2.75) is 0 Å². The second-order valence-corrected chi connectivity index (χ2v) is 7.24. The average molecular weight is 391 g/mol. The van der Waals surface area contributed by atoms with Gasteiger partial charge < -0.3 is 0 Å². The number of hydrogen-bond acceptors (Lipinski definition) is 3. The van der Waals surface area contributed by atoms with Crippen molar-refractivity contribution in [1.29, 1.82) is 0 Å². The predicted octanol–water partition coefficient (Wildman–Crippen LogP) is 4.38. The molecule has 2 aromatic rings. The summed E-state index contributed by atoms with van der Waals surface area (Å²) in [6, 6.07) is 10.8. The molecule has 1 N–H and O–H groups in total. The zero-order valence-electron chi connectivity index (χ0n) is 11.5. The van der Waals surface area contributed by atoms with Crippen molar-refractivity contribution in [3.05, 3.63) is 74.1 Å². The molecule has 0 atom stereocenters. The van der Waals surface area contributed by atoms with Crippen molar-refractivity contribution < 1.29 is 13.2 Å². The maximum atomic E-state index is 12.0. The van der Waals surface area contributed by atoms with Gasteiger partial charge in [-0.2, -0.15) is 0 Å². The molecule has 0 aliphatic heterocycles. The van der Waals surface area contributed by atoms with Gasteiger partial charge in [0.25, 0.3) is 15.9 Å². The van der Waals surface area contributed by atoms with Crippen LogP contribution in [0.25, 0.3) is 6.08 Å². The Morgan fingerprint density at radius 2 is 1.70 bits per heavy atom. The molecule has 0 aliphatic rings. The van der Waals surface area contributed by atoms with Crippen LogP contribution < -0.4 is 4.72 Å². The Hall–Kier alpha value is -1.53. The maximum Gasteiger partial charge on any atom is 0.266 e. The number of halogens is 3. The largest absolute Gasteiger partial charge is 0.268 e. The first-order valence-corrected chi connectivity index (χ1v) is 8.91. The topological polar surface area (TPSA) is 63.2 Å². The third-order valence-corrected chi connectivity index (χ3v) is 4.60. The number of carbonyl (C=O) groups excluding carboxylic acids is 1. The number of amides is 1. The molecule has 4 nitrogen and oxygen atoms in total. The molecule has 0 heterocycles. The summed E-state index contributed by atoms with van der Waals surface area (Å²) >= 11 is 17.5. The van der Waals surface area contributed by atoms with Gasteiger partial charge in [0.1, 0.15) is 0 Å². The van der Waals surface area contributed by atoms with Crippen LogP contribution in [0.1, 0.15) is 15.9 Å². The van der Waals surface area contributed by atoms with Gasteiger partial charge in [0.15, 0.2) is 0 Å². The quantitative estimate of drug-likeness (QED) is 0.842. The van der Waals surface area contributed by atoms with Gasteiger partial charge in [-0.25, -0.2) is 13.1 Å². The fourth-order valence-corrected chi connectivity index (χ4v) is 3.12. The predicted molar refractivity (Wildman–Crippen MR) is 93.3 cm³/mol. The fraction of sp³-hybridized carbons (Fsp3) is 0. The Morgan fingerprint density at radius 3 is 2.35 bits per heavy atom. The highest BCUT2D eigenvalue weighted by Crippen LogP contribution is 2.21. The number of sulfonamides is 1. The van der Waals surface area contributed by atoms with E-state index in [4.69, 9.17) is 34.8 Å². The van der Waals surface area contributed by atoms with Crippen LogP contribution in [0.4, 0.5) is 0 Å². The third-order valence-electron chi connectivity index (χ3n) is 2.74. The molecule has 0 aliphatic carbocycles. The van der Waals surface area contributed by atoms with E-state index < -0.39 is 15.9 Å². The van der Waals surface area contributed by atoms with Crippen LogP contribution in [0.2, 0.25) is 15.1 Å². The van der Waals surface area contributed by atoms with Gasteiger partial charge in [0.2, 0.25) is 0 Å². The van der Waals surface area contributed by atoms with Crippen LogP contribution in [0, 0.1) is 0 Å². The van der Waals surface area contributed by atoms with Gasteiger partial charge in [0, 0.05) is 10.0 Å². The summed E-state index contributed by atoms with van der Waals surface area (Å²) in [6.07, 6.45) is 1.29. The molecule has 0 spiro atoms. The zero-order valence-corrected chi connectivity index (χ0v) is 14.5. The molecule has 0 saturated heterocycles. The summed E-state index contributed by atoms with van der Waals surface area (Å²) in [5.41, 5.74) is 0.516. The van der Waals surface area contributed by atoms with Gasteiger partial charge in [-0.1, -0.05) is 53.0 Å². The molecule has 8 heteroatoms. The summed E-state index contributed by atoms with van der Waals surface area (Å²) < 4.78 is 25.8. The van der Waals surface area contributed by atoms with Gasteiger partial charge in [-0.3, -0.25) is 4.79 Å². The van der Waals surface area contributed by atoms with Gasteiger partial charge in [-0.05, 0) is 35.9 Å². The Labute approximate surface area is 148 Å². The summed E-state index contributed by atoms with van der Waals surface area (Å²) in [4.78, 5) is 12.0. The molecule has 0 saturated carbocycles. The van der Waals surface area contributed by atoms with E-state index in [9.17, 15) is 13.2 Å². The molecule has 2 rings (SSSR count). The molecule has 0 bridgehead atoms. The zero-order chi connectivity index (χ0) is 17.0. The highest BCUT2D eigenvalue weighted by atomic mass is 35.5. The lowest BCUT2D eigenvalue weighted by molar-refractivity contribution is 0.0982. The number of hydrogen-bond donors (Lipinski definition) is 1. The monoisotopic (exact) mass is 389 g/mol. The fourth-order valence-electron chi connectivity index (χ4n) is 1.66. The van der Waals surface area contributed by atoms with Crippen molar-refractivity contribution in [3.8, 4) is 0 Å². The van der Waals surface area contributed by atoms with Crippen molar-refractivity contribution in [1.82, 2.24) is 4.72 Å². The van der Waals surface area contributed by atoms with E-state index in [1.54, 1.807) is 24.3 Å². The minimum absolute atomic E-state index is 0.00536. The highest BCUT2D eigenvalue weighted by Gasteiger charge is 2.16. The molecular weight excluding hydrogens is 381 g/mol. The van der Waals surface area contributed by atoms with E-state index >= 15 is 0 Å². The van der Waals surface area contributed by atoms with Gasteiger partial charge >= 0.3 is 0 Å². The van der Waals surface area contributed by atoms with E-state index in [1.807, 2.05) is 4.72 Å². The average Bonchev–Trinajstić information content (AvgIpc) is 2.45. The Kier molecular flexibility index (Phi) is 5.70. The molecule has 0 aromatic heterocycles. The third kappa shape index (κ3) is 4.97. The number of rotatable bonds is 4. The molecular formula is C15H10Cl3NO3S. The second-order valence-electron chi connectivity index (χ2n) is 4.42. The van der Waals surface area contributed by atoms with Crippen molar-refractivity contribution in [2.75, 3.05) is 0 Å². The molecule has 0 unspecified atom stereocenters. The summed E-state index contributed by atoms with van der Waals surface area (Å²) in [5.74, 6) is -0.851. The first-order valence-electron chi connectivity index (χ1n) is 6.23. The van der Waals surface area contributed by atoms with Gasteiger partial charge in [-0.15, -0.1) is 0 Å². The number of carbonyl (C=O) groups is 1. The van der Waals surface area contributed by atoms with E-state index in [2.05, 4.69) is 0 Å². The molecule has 0 fully saturated rings. The summed E-state index contributed by atoms with van der Waals surface area (Å²) in [5, 5.41) is 1.65. The Morgan fingerprint density at radius 1 is 1.00 bits per heavy atom. The first kappa shape index (κ1) is 17.8. The molecule has 1 amide bonds. The molecule has 2 aromatic carbocycles. The van der Waals surface area contributed by atoms with Gasteiger partial charge in [0.05, 0.1) is 16.0 Å². The van der Waals surface area contributed by atoms with Crippen molar-refractivity contribution >= 4 is 56.8 Å². The molecule has 120 valence electrons. The van der Waals surface area contributed by atoms with Crippen molar-refractivity contribution in [2.24, 2.45) is 0 Å². The second kappa shape index (κ2) is 7.36. The minimum atomic E-state index is -4.00. The summed E-state index contributed by atoms with van der Waals surface area (Å²) in [7, 11) is -4.00. The highest BCUT2D eigenvalue weighted by molar-refractivity contribution is 7.93. The Bertz CT molecular complexity index is 879. The standard InChI is InChI=1S/C15H10Cl3NO3S/c16-11-5-6-12(14(18)9-11)15(20)19-23(21,22)8-7-10-3-1-2-4-13(10)17/h1-9H,(H,19,20). The minimum Gasteiger partial charge on any atom is -0.268 e. The molecule has 23 heavy (non-hydrogen) atoms. The van der Waals surface area contributed by atoms with Crippen LogP contribution in [-0.4, -0.2) is 14.3 Å². The van der Waals surface area contributed by atoms with Crippen LogP contribution in [0.15, 0.2) is 47.9 Å².